The number of carbonyl (C=O) groups is 2. The van der Waals surface area contributed by atoms with Gasteiger partial charge in [-0.3, -0.25) is 10.1 Å². The lowest BCUT2D eigenvalue weighted by molar-refractivity contribution is -0.126. The number of amides is 3. The van der Waals surface area contributed by atoms with Crippen LogP contribution in [0.2, 0.25) is 0 Å². The third kappa shape index (κ3) is 4.87. The Labute approximate surface area is 124 Å². The highest BCUT2D eigenvalue weighted by molar-refractivity contribution is 8.13. The Morgan fingerprint density at radius 2 is 2.00 bits per heavy atom. The van der Waals surface area contributed by atoms with E-state index in [0.29, 0.717) is 6.07 Å². The lowest BCUT2D eigenvalue weighted by Gasteiger charge is -2.15. The van der Waals surface area contributed by atoms with Crippen LogP contribution in [0.25, 0.3) is 0 Å². The average Bonchev–Trinajstić information content (AvgIpc) is 2.39. The summed E-state index contributed by atoms with van der Waals surface area (Å²) in [6, 6.07) is 1.89. The standard InChI is InChI=1S/C11H12ClFN2O5S/c1-6(10(16)15-11(17)14-2)20-8-4-3-7(13)5-9(8)21(12,18)19/h3-6H,1-2H3,(H2,14,15,16,17). The Bertz CT molecular complexity index is 665. The minimum atomic E-state index is -4.26. The molecule has 3 amide bonds. The van der Waals surface area contributed by atoms with Crippen molar-refractivity contribution in [2.45, 2.75) is 17.9 Å². The summed E-state index contributed by atoms with van der Waals surface area (Å²) in [4.78, 5) is 22.0. The predicted molar refractivity (Wildman–Crippen MR) is 72.1 cm³/mol. The highest BCUT2D eigenvalue weighted by Crippen LogP contribution is 2.28. The average molecular weight is 339 g/mol. The first-order chi connectivity index (χ1) is 9.65. The Kier molecular flexibility index (Phi) is 5.50. The second-order valence-electron chi connectivity index (χ2n) is 3.86. The van der Waals surface area contributed by atoms with Gasteiger partial charge in [0, 0.05) is 17.7 Å². The van der Waals surface area contributed by atoms with Crippen LogP contribution in [0.1, 0.15) is 6.92 Å². The number of nitrogens with one attached hydrogen (secondary N) is 2. The van der Waals surface area contributed by atoms with E-state index in [4.69, 9.17) is 15.4 Å². The fraction of sp³-hybridized carbons (Fsp3) is 0.273. The molecule has 0 aliphatic heterocycles. The van der Waals surface area contributed by atoms with Crippen LogP contribution in [-0.2, 0) is 13.8 Å². The minimum Gasteiger partial charge on any atom is -0.479 e. The molecule has 1 atom stereocenters. The molecule has 0 aromatic heterocycles. The summed E-state index contributed by atoms with van der Waals surface area (Å²) in [6.07, 6.45) is -1.20. The van der Waals surface area contributed by atoms with E-state index >= 15 is 0 Å². The molecule has 0 saturated heterocycles. The molecule has 0 fully saturated rings. The molecular weight excluding hydrogens is 327 g/mol. The van der Waals surface area contributed by atoms with E-state index in [0.717, 1.165) is 12.1 Å². The van der Waals surface area contributed by atoms with Crippen LogP contribution in [-0.4, -0.2) is 33.5 Å². The molecule has 0 bridgehead atoms. The zero-order valence-electron chi connectivity index (χ0n) is 11.0. The predicted octanol–water partition coefficient (Wildman–Crippen LogP) is 0.976. The topological polar surface area (TPSA) is 102 Å². The summed E-state index contributed by atoms with van der Waals surface area (Å²) >= 11 is 0. The summed E-state index contributed by atoms with van der Waals surface area (Å²) in [5, 5.41) is 4.11. The van der Waals surface area contributed by atoms with E-state index in [1.54, 1.807) is 0 Å². The number of hydrogen-bond donors (Lipinski definition) is 2. The molecular formula is C11H12ClFN2O5S. The third-order valence-corrected chi connectivity index (χ3v) is 3.65. The highest BCUT2D eigenvalue weighted by Gasteiger charge is 2.23. The largest absolute Gasteiger partial charge is 0.479 e. The van der Waals surface area contributed by atoms with Gasteiger partial charge in [0.25, 0.3) is 15.0 Å². The van der Waals surface area contributed by atoms with E-state index in [9.17, 15) is 22.4 Å². The first kappa shape index (κ1) is 17.2. The molecule has 2 N–H and O–H groups in total. The third-order valence-electron chi connectivity index (χ3n) is 2.31. The molecule has 1 rings (SSSR count). The number of halogens is 2. The Balaban J connectivity index is 2.98. The van der Waals surface area contributed by atoms with Gasteiger partial charge in [-0.25, -0.2) is 17.6 Å². The van der Waals surface area contributed by atoms with Crippen LogP contribution in [0.3, 0.4) is 0 Å². The first-order valence-corrected chi connectivity index (χ1v) is 7.89. The zero-order valence-corrected chi connectivity index (χ0v) is 12.6. The summed E-state index contributed by atoms with van der Waals surface area (Å²) in [5.74, 6) is -1.94. The number of rotatable bonds is 4. The monoisotopic (exact) mass is 338 g/mol. The summed E-state index contributed by atoms with van der Waals surface area (Å²) < 4.78 is 40.9. The minimum absolute atomic E-state index is 0.300. The van der Waals surface area contributed by atoms with E-state index in [1.807, 2.05) is 5.32 Å². The van der Waals surface area contributed by atoms with Crippen molar-refractivity contribution in [1.82, 2.24) is 10.6 Å². The van der Waals surface area contributed by atoms with Crippen molar-refractivity contribution in [3.05, 3.63) is 24.0 Å². The van der Waals surface area contributed by atoms with Crippen LogP contribution >= 0.6 is 10.7 Å². The SMILES string of the molecule is CNC(=O)NC(=O)C(C)Oc1ccc(F)cc1S(=O)(=O)Cl. The van der Waals surface area contributed by atoms with Gasteiger partial charge in [-0.1, -0.05) is 0 Å². The van der Waals surface area contributed by atoms with Gasteiger partial charge in [0.15, 0.2) is 6.10 Å². The molecule has 1 unspecified atom stereocenters. The maximum atomic E-state index is 13.1. The van der Waals surface area contributed by atoms with Crippen LogP contribution in [0.5, 0.6) is 5.75 Å². The smallest absolute Gasteiger partial charge is 0.321 e. The van der Waals surface area contributed by atoms with Crippen LogP contribution < -0.4 is 15.4 Å². The van der Waals surface area contributed by atoms with Crippen LogP contribution in [0.4, 0.5) is 9.18 Å². The van der Waals surface area contributed by atoms with Gasteiger partial charge in [-0.15, -0.1) is 0 Å². The van der Waals surface area contributed by atoms with E-state index in [-0.39, 0.29) is 5.75 Å². The Hall–Kier alpha value is -1.87. The number of imide groups is 1. The van der Waals surface area contributed by atoms with Gasteiger partial charge in [-0.05, 0) is 25.1 Å². The molecule has 0 aliphatic rings. The van der Waals surface area contributed by atoms with Gasteiger partial charge >= 0.3 is 6.03 Å². The summed E-state index contributed by atoms with van der Waals surface area (Å²) in [6.45, 7) is 1.28. The maximum absolute atomic E-state index is 13.1. The fourth-order valence-electron chi connectivity index (χ4n) is 1.29. The normalized spacial score (nSPS) is 12.4. The lowest BCUT2D eigenvalue weighted by Crippen LogP contribution is -2.44. The Morgan fingerprint density at radius 1 is 1.38 bits per heavy atom. The molecule has 21 heavy (non-hydrogen) atoms. The summed E-state index contributed by atoms with van der Waals surface area (Å²) in [5.41, 5.74) is 0. The van der Waals surface area contributed by atoms with E-state index in [1.165, 1.54) is 14.0 Å². The molecule has 10 heteroatoms. The van der Waals surface area contributed by atoms with Crippen molar-refractivity contribution in [3.63, 3.8) is 0 Å². The molecule has 0 heterocycles. The molecule has 1 aromatic rings. The van der Waals surface area contributed by atoms with Crippen LogP contribution in [0.15, 0.2) is 23.1 Å². The van der Waals surface area contributed by atoms with Crippen molar-refractivity contribution in [2.24, 2.45) is 0 Å². The van der Waals surface area contributed by atoms with Crippen molar-refractivity contribution < 1.29 is 27.1 Å². The quantitative estimate of drug-likeness (QED) is 0.797. The number of hydrogen-bond acceptors (Lipinski definition) is 5. The van der Waals surface area contributed by atoms with Crippen molar-refractivity contribution in [3.8, 4) is 5.75 Å². The molecule has 0 saturated carbocycles. The van der Waals surface area contributed by atoms with Crippen molar-refractivity contribution in [1.29, 1.82) is 0 Å². The number of benzene rings is 1. The molecule has 1 aromatic carbocycles. The summed E-state index contributed by atoms with van der Waals surface area (Å²) in [7, 11) is 2.22. The van der Waals surface area contributed by atoms with Gasteiger partial charge < -0.3 is 10.1 Å². The van der Waals surface area contributed by atoms with Crippen molar-refractivity contribution in [2.75, 3.05) is 7.05 Å². The molecule has 0 aliphatic carbocycles. The maximum Gasteiger partial charge on any atom is 0.321 e. The van der Waals surface area contributed by atoms with Gasteiger partial charge in [0.05, 0.1) is 0 Å². The van der Waals surface area contributed by atoms with Gasteiger partial charge in [-0.2, -0.15) is 0 Å². The van der Waals surface area contributed by atoms with E-state index in [2.05, 4.69) is 5.32 Å². The number of ether oxygens (including phenoxy) is 1. The lowest BCUT2D eigenvalue weighted by atomic mass is 10.3. The number of urea groups is 1. The second kappa shape index (κ2) is 6.72. The molecule has 7 nitrogen and oxygen atoms in total. The van der Waals surface area contributed by atoms with Gasteiger partial charge in [0.2, 0.25) is 0 Å². The van der Waals surface area contributed by atoms with Crippen LogP contribution in [0, 0.1) is 5.82 Å². The fourth-order valence-corrected chi connectivity index (χ4v) is 2.26. The van der Waals surface area contributed by atoms with Crippen molar-refractivity contribution >= 4 is 31.7 Å². The molecule has 116 valence electrons. The Morgan fingerprint density at radius 3 is 2.52 bits per heavy atom. The first-order valence-electron chi connectivity index (χ1n) is 5.58. The molecule has 0 spiro atoms. The molecule has 0 radical (unpaired) electrons. The highest BCUT2D eigenvalue weighted by atomic mass is 35.7. The zero-order chi connectivity index (χ0) is 16.2. The number of carbonyl (C=O) groups excluding carboxylic acids is 2. The van der Waals surface area contributed by atoms with E-state index < -0.39 is 37.8 Å². The second-order valence-corrected chi connectivity index (χ2v) is 6.39. The van der Waals surface area contributed by atoms with Gasteiger partial charge in [0.1, 0.15) is 16.5 Å².